The Balaban J connectivity index is 1.90. The van der Waals surface area contributed by atoms with Gasteiger partial charge >= 0.3 is 0 Å². The minimum atomic E-state index is 0.100. The van der Waals surface area contributed by atoms with E-state index in [9.17, 15) is 5.11 Å². The number of rotatable bonds is 3. The van der Waals surface area contributed by atoms with Crippen molar-refractivity contribution >= 4 is 22.7 Å². The molecule has 0 fully saturated rings. The lowest BCUT2D eigenvalue weighted by Gasteiger charge is -2.05. The lowest BCUT2D eigenvalue weighted by atomic mass is 10.1. The molecule has 2 N–H and O–H groups in total. The van der Waals surface area contributed by atoms with E-state index in [-0.39, 0.29) is 6.61 Å². The molecule has 2 aromatic carbocycles. The third-order valence-electron chi connectivity index (χ3n) is 3.22. The van der Waals surface area contributed by atoms with Crippen molar-refractivity contribution in [3.63, 3.8) is 0 Å². The summed E-state index contributed by atoms with van der Waals surface area (Å²) in [7, 11) is 0. The highest BCUT2D eigenvalue weighted by molar-refractivity contribution is 7.99. The van der Waals surface area contributed by atoms with Crippen molar-refractivity contribution in [2.24, 2.45) is 0 Å². The van der Waals surface area contributed by atoms with Crippen LogP contribution in [-0.4, -0.2) is 10.1 Å². The van der Waals surface area contributed by atoms with Crippen LogP contribution in [0.15, 0.2) is 58.5 Å². The molecule has 2 nitrogen and oxygen atoms in total. The zero-order valence-electron chi connectivity index (χ0n) is 10.7. The summed E-state index contributed by atoms with van der Waals surface area (Å²) in [5.41, 5.74) is 3.28. The molecule has 0 radical (unpaired) electrons. The molecular formula is C16H15NOS. The lowest BCUT2D eigenvalue weighted by Crippen LogP contribution is -1.88. The van der Waals surface area contributed by atoms with Gasteiger partial charge in [-0.25, -0.2) is 0 Å². The van der Waals surface area contributed by atoms with Gasteiger partial charge in [-0.3, -0.25) is 0 Å². The van der Waals surface area contributed by atoms with Gasteiger partial charge in [0.15, 0.2) is 0 Å². The number of aromatic nitrogens is 1. The predicted octanol–water partition coefficient (Wildman–Crippen LogP) is 4.12. The molecule has 19 heavy (non-hydrogen) atoms. The van der Waals surface area contributed by atoms with Crippen LogP contribution >= 0.6 is 11.8 Å². The van der Waals surface area contributed by atoms with Crippen LogP contribution in [0.1, 0.15) is 11.1 Å². The van der Waals surface area contributed by atoms with Gasteiger partial charge in [0.2, 0.25) is 0 Å². The summed E-state index contributed by atoms with van der Waals surface area (Å²) in [5.74, 6) is 0. The van der Waals surface area contributed by atoms with E-state index in [4.69, 9.17) is 0 Å². The summed E-state index contributed by atoms with van der Waals surface area (Å²) in [6.07, 6.45) is 0. The number of H-pyrrole nitrogens is 1. The highest BCUT2D eigenvalue weighted by atomic mass is 32.2. The summed E-state index contributed by atoms with van der Waals surface area (Å²) >= 11 is 1.71. The number of hydrogen-bond acceptors (Lipinski definition) is 2. The van der Waals surface area contributed by atoms with Crippen LogP contribution in [0.3, 0.4) is 0 Å². The van der Waals surface area contributed by atoms with E-state index in [2.05, 4.69) is 35.3 Å². The van der Waals surface area contributed by atoms with Crippen LogP contribution in [-0.2, 0) is 6.61 Å². The van der Waals surface area contributed by atoms with Gasteiger partial charge in [0.05, 0.1) is 11.6 Å². The fraction of sp³-hybridized carbons (Fsp3) is 0.125. The fourth-order valence-electron chi connectivity index (χ4n) is 2.14. The Morgan fingerprint density at radius 2 is 1.95 bits per heavy atom. The van der Waals surface area contributed by atoms with Crippen molar-refractivity contribution in [3.05, 3.63) is 59.7 Å². The second kappa shape index (κ2) is 5.11. The Morgan fingerprint density at radius 1 is 1.11 bits per heavy atom. The fourth-order valence-corrected chi connectivity index (χ4v) is 3.11. The molecule has 0 spiro atoms. The minimum Gasteiger partial charge on any atom is -0.392 e. The normalized spacial score (nSPS) is 11.1. The first kappa shape index (κ1) is 12.3. The number of aliphatic hydroxyl groups is 1. The van der Waals surface area contributed by atoms with Crippen LogP contribution in [0.25, 0.3) is 10.9 Å². The zero-order valence-corrected chi connectivity index (χ0v) is 11.5. The Bertz CT molecular complexity index is 685. The monoisotopic (exact) mass is 269 g/mol. The maximum absolute atomic E-state index is 9.18. The average molecular weight is 269 g/mol. The van der Waals surface area contributed by atoms with Crippen LogP contribution in [0, 0.1) is 6.92 Å². The number of aliphatic hydroxyl groups excluding tert-OH is 1. The summed E-state index contributed by atoms with van der Waals surface area (Å²) < 4.78 is 0. The average Bonchev–Trinajstić information content (AvgIpc) is 2.81. The van der Waals surface area contributed by atoms with Crippen LogP contribution in [0.5, 0.6) is 0 Å². The van der Waals surface area contributed by atoms with E-state index in [0.717, 1.165) is 21.7 Å². The number of aromatic amines is 1. The van der Waals surface area contributed by atoms with Gasteiger partial charge in [-0.2, -0.15) is 0 Å². The smallest absolute Gasteiger partial charge is 0.0780 e. The molecule has 0 aliphatic carbocycles. The molecule has 0 aliphatic rings. The van der Waals surface area contributed by atoms with Crippen molar-refractivity contribution in [1.82, 2.24) is 4.98 Å². The summed E-state index contributed by atoms with van der Waals surface area (Å²) in [6, 6.07) is 16.6. The van der Waals surface area contributed by atoms with Gasteiger partial charge in [0.25, 0.3) is 0 Å². The maximum atomic E-state index is 9.18. The first-order valence-electron chi connectivity index (χ1n) is 6.22. The standard InChI is InChI=1S/C16H15NOS/c1-11-8-14(7-6-13(11)10-18)19-16-9-12-4-2-3-5-15(12)17-16/h2-9,17-18H,10H2,1H3. The summed E-state index contributed by atoms with van der Waals surface area (Å²) in [5, 5.41) is 11.5. The number of aryl methyl sites for hydroxylation is 1. The van der Waals surface area contributed by atoms with Crippen molar-refractivity contribution in [1.29, 1.82) is 0 Å². The Labute approximate surface area is 116 Å². The van der Waals surface area contributed by atoms with Crippen LogP contribution in [0.4, 0.5) is 0 Å². The topological polar surface area (TPSA) is 36.0 Å². The Kier molecular flexibility index (Phi) is 3.32. The number of benzene rings is 2. The molecule has 0 atom stereocenters. The van der Waals surface area contributed by atoms with Gasteiger partial charge in [0, 0.05) is 15.8 Å². The second-order valence-electron chi connectivity index (χ2n) is 4.57. The molecule has 3 aromatic rings. The quantitative estimate of drug-likeness (QED) is 0.750. The molecule has 96 valence electrons. The molecule has 0 bridgehead atoms. The molecule has 3 heteroatoms. The first-order valence-corrected chi connectivity index (χ1v) is 7.04. The van der Waals surface area contributed by atoms with E-state index >= 15 is 0 Å². The zero-order chi connectivity index (χ0) is 13.2. The first-order chi connectivity index (χ1) is 9.26. The number of para-hydroxylation sites is 1. The van der Waals surface area contributed by atoms with Crippen LogP contribution in [0.2, 0.25) is 0 Å². The predicted molar refractivity (Wildman–Crippen MR) is 79.5 cm³/mol. The molecule has 1 heterocycles. The third kappa shape index (κ3) is 2.53. The maximum Gasteiger partial charge on any atom is 0.0780 e. The van der Waals surface area contributed by atoms with Gasteiger partial charge in [-0.1, -0.05) is 36.0 Å². The minimum absolute atomic E-state index is 0.100. The molecule has 0 unspecified atom stereocenters. The largest absolute Gasteiger partial charge is 0.392 e. The van der Waals surface area contributed by atoms with E-state index < -0.39 is 0 Å². The number of hydrogen-bond donors (Lipinski definition) is 2. The molecule has 3 rings (SSSR count). The van der Waals surface area contributed by atoms with Crippen molar-refractivity contribution in [3.8, 4) is 0 Å². The third-order valence-corrected chi connectivity index (χ3v) is 4.15. The highest BCUT2D eigenvalue weighted by Gasteiger charge is 2.04. The molecule has 1 aromatic heterocycles. The Morgan fingerprint density at radius 3 is 2.68 bits per heavy atom. The lowest BCUT2D eigenvalue weighted by molar-refractivity contribution is 0.281. The van der Waals surface area contributed by atoms with Crippen LogP contribution < -0.4 is 0 Å². The van der Waals surface area contributed by atoms with Crippen molar-refractivity contribution < 1.29 is 5.11 Å². The summed E-state index contributed by atoms with van der Waals surface area (Å²) in [4.78, 5) is 4.59. The molecule has 0 saturated heterocycles. The summed E-state index contributed by atoms with van der Waals surface area (Å²) in [6.45, 7) is 2.13. The molecular weight excluding hydrogens is 254 g/mol. The highest BCUT2D eigenvalue weighted by Crippen LogP contribution is 2.30. The van der Waals surface area contributed by atoms with Gasteiger partial charge in [0.1, 0.15) is 0 Å². The SMILES string of the molecule is Cc1cc(Sc2cc3ccccc3[nH]2)ccc1CO. The van der Waals surface area contributed by atoms with E-state index in [1.54, 1.807) is 11.8 Å². The van der Waals surface area contributed by atoms with Crippen molar-refractivity contribution in [2.45, 2.75) is 23.5 Å². The van der Waals surface area contributed by atoms with Crippen molar-refractivity contribution in [2.75, 3.05) is 0 Å². The van der Waals surface area contributed by atoms with E-state index in [1.807, 2.05) is 25.1 Å². The van der Waals surface area contributed by atoms with Gasteiger partial charge in [-0.05, 0) is 42.3 Å². The number of nitrogens with one attached hydrogen (secondary N) is 1. The number of fused-ring (bicyclic) bond motifs is 1. The molecule has 0 amide bonds. The second-order valence-corrected chi connectivity index (χ2v) is 5.68. The van der Waals surface area contributed by atoms with E-state index in [0.29, 0.717) is 0 Å². The Hall–Kier alpha value is -1.71. The van der Waals surface area contributed by atoms with Gasteiger partial charge in [-0.15, -0.1) is 0 Å². The van der Waals surface area contributed by atoms with E-state index in [1.165, 1.54) is 10.3 Å². The van der Waals surface area contributed by atoms with Gasteiger partial charge < -0.3 is 10.1 Å². The molecule has 0 saturated carbocycles. The molecule has 0 aliphatic heterocycles.